The van der Waals surface area contributed by atoms with Gasteiger partial charge in [0.15, 0.2) is 0 Å². The highest BCUT2D eigenvalue weighted by Gasteiger charge is 2.61. The summed E-state index contributed by atoms with van der Waals surface area (Å²) in [6.45, 7) is 0. The molecule has 1 heteroatoms. The van der Waals surface area contributed by atoms with E-state index in [1.807, 2.05) is 0 Å². The molecule has 0 aromatic heterocycles. The number of hydrogen-bond donors (Lipinski definition) is 0. The van der Waals surface area contributed by atoms with Crippen molar-refractivity contribution in [3.8, 4) is 0 Å². The van der Waals surface area contributed by atoms with Crippen molar-refractivity contribution in [2.45, 2.75) is 38.5 Å². The average Bonchev–Trinajstić information content (AvgIpc) is 2.99. The van der Waals surface area contributed by atoms with Gasteiger partial charge in [-0.2, -0.15) is 11.8 Å². The van der Waals surface area contributed by atoms with Gasteiger partial charge in [0.25, 0.3) is 0 Å². The molecule has 0 bridgehead atoms. The van der Waals surface area contributed by atoms with Crippen molar-refractivity contribution in [2.24, 2.45) is 22.7 Å². The smallest absolute Gasteiger partial charge is 0.000156 e. The Morgan fingerprint density at radius 1 is 0.640 bits per heavy atom. The zero-order chi connectivity index (χ0) is 16.5. The molecule has 1 saturated carbocycles. The third-order valence-corrected chi connectivity index (χ3v) is 9.63. The van der Waals surface area contributed by atoms with Crippen LogP contribution in [0.25, 0.3) is 0 Å². The first kappa shape index (κ1) is 14.9. The fraction of sp³-hybridized carbons (Fsp3) is 0.500. The molecule has 0 nitrogen and oxygen atoms in total. The van der Waals surface area contributed by atoms with Gasteiger partial charge in [-0.15, -0.1) is 0 Å². The zero-order valence-electron chi connectivity index (χ0n) is 14.8. The number of fused-ring (bicyclic) bond motifs is 3. The van der Waals surface area contributed by atoms with Crippen molar-refractivity contribution >= 4 is 11.8 Å². The van der Waals surface area contributed by atoms with E-state index in [0.29, 0.717) is 10.8 Å². The SMILES string of the molecule is c1ccc2c(c1)C[C@@H]1C[C@]34CSC[C@@]3(Cc3ccccc3C4)C[C@@H]1C2. The van der Waals surface area contributed by atoms with Crippen molar-refractivity contribution in [1.29, 1.82) is 0 Å². The second-order valence-electron chi connectivity index (χ2n) is 9.28. The van der Waals surface area contributed by atoms with E-state index in [1.54, 1.807) is 22.3 Å². The number of thioether (sulfide) groups is 1. The van der Waals surface area contributed by atoms with Gasteiger partial charge in [0.2, 0.25) is 0 Å². The van der Waals surface area contributed by atoms with Crippen LogP contribution in [0.3, 0.4) is 0 Å². The Morgan fingerprint density at radius 3 is 1.56 bits per heavy atom. The standard InChI is InChI=1S/C24H26S/c1-2-6-18-10-22-14-24-12-20-8-4-3-7-19(20)11-23(24,15-25-16-24)13-21(22)9-17(18)5-1/h1-8,21-22H,9-16H2/t21-,22+,23-,24-/m1/s1. The third-order valence-electron chi connectivity index (χ3n) is 8.11. The second kappa shape index (κ2) is 5.16. The van der Waals surface area contributed by atoms with E-state index in [1.165, 1.54) is 50.0 Å². The Morgan fingerprint density at radius 2 is 1.08 bits per heavy atom. The van der Waals surface area contributed by atoms with Crippen LogP contribution in [0.15, 0.2) is 48.5 Å². The molecule has 0 amide bonds. The van der Waals surface area contributed by atoms with E-state index in [2.05, 4.69) is 60.3 Å². The van der Waals surface area contributed by atoms with Crippen LogP contribution in [-0.2, 0) is 25.7 Å². The minimum absolute atomic E-state index is 0.583. The van der Waals surface area contributed by atoms with Gasteiger partial charge in [0.1, 0.15) is 0 Å². The van der Waals surface area contributed by atoms with Crippen LogP contribution in [0.1, 0.15) is 35.1 Å². The third kappa shape index (κ3) is 2.02. The Labute approximate surface area is 155 Å². The minimum Gasteiger partial charge on any atom is -0.161 e. The fourth-order valence-corrected chi connectivity index (χ4v) is 8.82. The van der Waals surface area contributed by atoms with Crippen LogP contribution in [0.5, 0.6) is 0 Å². The molecule has 128 valence electrons. The van der Waals surface area contributed by atoms with Crippen molar-refractivity contribution in [3.05, 3.63) is 70.8 Å². The van der Waals surface area contributed by atoms with E-state index in [0.717, 1.165) is 11.8 Å². The summed E-state index contributed by atoms with van der Waals surface area (Å²) in [4.78, 5) is 0. The predicted octanol–water partition coefficient (Wildman–Crippen LogP) is 5.33. The lowest BCUT2D eigenvalue weighted by Gasteiger charge is -2.58. The summed E-state index contributed by atoms with van der Waals surface area (Å²) >= 11 is 2.27. The maximum atomic E-state index is 2.42. The highest BCUT2D eigenvalue weighted by atomic mass is 32.2. The van der Waals surface area contributed by atoms with Crippen LogP contribution >= 0.6 is 11.8 Å². The van der Waals surface area contributed by atoms with Crippen molar-refractivity contribution < 1.29 is 0 Å². The van der Waals surface area contributed by atoms with Crippen LogP contribution in [0.2, 0.25) is 0 Å². The van der Waals surface area contributed by atoms with E-state index in [4.69, 9.17) is 0 Å². The fourth-order valence-electron chi connectivity index (χ4n) is 6.89. The summed E-state index contributed by atoms with van der Waals surface area (Å²) in [7, 11) is 0. The van der Waals surface area contributed by atoms with Crippen LogP contribution < -0.4 is 0 Å². The maximum absolute atomic E-state index is 2.42. The van der Waals surface area contributed by atoms with Gasteiger partial charge in [-0.25, -0.2) is 0 Å². The first-order valence-electron chi connectivity index (χ1n) is 9.98. The molecular weight excluding hydrogens is 320 g/mol. The Bertz CT molecular complexity index is 771. The Kier molecular flexibility index (Phi) is 3.08. The normalized spacial score (nSPS) is 38.1. The molecule has 0 spiro atoms. The average molecular weight is 347 g/mol. The molecule has 4 atom stereocenters. The molecule has 25 heavy (non-hydrogen) atoms. The predicted molar refractivity (Wildman–Crippen MR) is 106 cm³/mol. The largest absolute Gasteiger partial charge is 0.161 e. The van der Waals surface area contributed by atoms with Gasteiger partial charge in [-0.3, -0.25) is 0 Å². The molecule has 0 radical (unpaired) electrons. The first-order chi connectivity index (χ1) is 12.3. The molecule has 1 saturated heterocycles. The molecule has 2 aromatic carbocycles. The molecular formula is C24H26S. The summed E-state index contributed by atoms with van der Waals surface area (Å²) in [5.74, 6) is 4.66. The van der Waals surface area contributed by atoms with Crippen LogP contribution in [0, 0.1) is 22.7 Å². The highest BCUT2D eigenvalue weighted by Crippen LogP contribution is 2.67. The minimum atomic E-state index is 0.583. The molecule has 2 aromatic rings. The molecule has 3 aliphatic carbocycles. The molecule has 0 unspecified atom stereocenters. The molecule has 2 fully saturated rings. The lowest BCUT2D eigenvalue weighted by Crippen LogP contribution is -2.55. The van der Waals surface area contributed by atoms with E-state index < -0.39 is 0 Å². The summed E-state index contributed by atoms with van der Waals surface area (Å²) in [5.41, 5.74) is 7.79. The molecule has 1 aliphatic heterocycles. The van der Waals surface area contributed by atoms with Crippen molar-refractivity contribution in [3.63, 3.8) is 0 Å². The summed E-state index contributed by atoms with van der Waals surface area (Å²) in [6.07, 6.45) is 8.33. The van der Waals surface area contributed by atoms with Crippen LogP contribution in [0.4, 0.5) is 0 Å². The molecule has 4 aliphatic rings. The molecule has 0 N–H and O–H groups in total. The van der Waals surface area contributed by atoms with Gasteiger partial charge in [0.05, 0.1) is 0 Å². The topological polar surface area (TPSA) is 0 Å². The van der Waals surface area contributed by atoms with Crippen molar-refractivity contribution in [2.75, 3.05) is 11.5 Å². The summed E-state index contributed by atoms with van der Waals surface area (Å²) in [6, 6.07) is 18.6. The van der Waals surface area contributed by atoms with Gasteiger partial charge < -0.3 is 0 Å². The highest BCUT2D eigenvalue weighted by molar-refractivity contribution is 7.99. The number of benzene rings is 2. The second-order valence-corrected chi connectivity index (χ2v) is 10.3. The summed E-state index contributed by atoms with van der Waals surface area (Å²) < 4.78 is 0. The maximum Gasteiger partial charge on any atom is -0.000156 e. The Balaban J connectivity index is 1.42. The summed E-state index contributed by atoms with van der Waals surface area (Å²) in [5, 5.41) is 0. The lowest BCUT2D eigenvalue weighted by atomic mass is 9.45. The van der Waals surface area contributed by atoms with E-state index >= 15 is 0 Å². The number of rotatable bonds is 0. The van der Waals surface area contributed by atoms with Gasteiger partial charge in [-0.1, -0.05) is 48.5 Å². The van der Waals surface area contributed by atoms with Gasteiger partial charge >= 0.3 is 0 Å². The number of hydrogen-bond acceptors (Lipinski definition) is 1. The quantitative estimate of drug-likeness (QED) is 0.621. The lowest BCUT2D eigenvalue weighted by molar-refractivity contribution is -0.0388. The van der Waals surface area contributed by atoms with E-state index in [-0.39, 0.29) is 0 Å². The van der Waals surface area contributed by atoms with Crippen LogP contribution in [-0.4, -0.2) is 11.5 Å². The molecule has 1 heterocycles. The molecule has 6 rings (SSSR count). The first-order valence-corrected chi connectivity index (χ1v) is 11.1. The van der Waals surface area contributed by atoms with Gasteiger partial charge in [-0.05, 0) is 95.0 Å². The monoisotopic (exact) mass is 346 g/mol. The van der Waals surface area contributed by atoms with E-state index in [9.17, 15) is 0 Å². The van der Waals surface area contributed by atoms with Gasteiger partial charge in [0, 0.05) is 0 Å². The van der Waals surface area contributed by atoms with Crippen molar-refractivity contribution in [1.82, 2.24) is 0 Å². The Hall–Kier alpha value is -1.21. The zero-order valence-corrected chi connectivity index (χ0v) is 15.7.